The molecule has 1 aliphatic carbocycles. The van der Waals surface area contributed by atoms with E-state index in [4.69, 9.17) is 11.5 Å². The molecule has 0 spiro atoms. The van der Waals surface area contributed by atoms with E-state index in [9.17, 15) is 0 Å². The lowest BCUT2D eigenvalue weighted by Crippen LogP contribution is -2.39. The number of hydrogen-bond donors (Lipinski definition) is 2. The van der Waals surface area contributed by atoms with E-state index in [1.54, 1.807) is 11.3 Å². The molecule has 2 heterocycles. The zero-order valence-corrected chi connectivity index (χ0v) is 12.4. The zero-order chi connectivity index (χ0) is 12.8. The average Bonchev–Trinajstić information content (AvgIpc) is 2.70. The molecule has 0 fully saturated rings. The Morgan fingerprint density at radius 3 is 3.06 bits per heavy atom. The Labute approximate surface area is 122 Å². The molecule has 4 N–H and O–H groups in total. The Hall–Kier alpha value is -0.990. The molecule has 1 atom stereocenters. The lowest BCUT2D eigenvalue weighted by atomic mass is 9.89. The van der Waals surface area contributed by atoms with E-state index in [0.29, 0.717) is 12.2 Å². The minimum absolute atomic E-state index is 0.551. The van der Waals surface area contributed by atoms with Crippen molar-refractivity contribution in [2.75, 3.05) is 0 Å². The van der Waals surface area contributed by atoms with Crippen LogP contribution in [-0.2, 0) is 5.54 Å². The first kappa shape index (κ1) is 12.1. The maximum atomic E-state index is 6.35. The molecule has 3 rings (SSSR count). The van der Waals surface area contributed by atoms with Gasteiger partial charge >= 0.3 is 0 Å². The minimum Gasteiger partial charge on any atom is -0.402 e. The van der Waals surface area contributed by atoms with Crippen molar-refractivity contribution in [3.05, 3.63) is 44.9 Å². The van der Waals surface area contributed by atoms with Gasteiger partial charge < -0.3 is 11.5 Å². The highest BCUT2D eigenvalue weighted by Crippen LogP contribution is 2.30. The SMILES string of the molecule is NC1=CC=CC(N)(c2ncc3scc(I)c3n2)C1. The maximum absolute atomic E-state index is 6.35. The van der Waals surface area contributed by atoms with Crippen LogP contribution in [0.1, 0.15) is 12.2 Å². The number of allylic oxidation sites excluding steroid dienone is 2. The van der Waals surface area contributed by atoms with Gasteiger partial charge in [0.05, 0.1) is 13.8 Å². The van der Waals surface area contributed by atoms with Crippen LogP contribution in [0.25, 0.3) is 10.2 Å². The Morgan fingerprint density at radius 1 is 1.44 bits per heavy atom. The van der Waals surface area contributed by atoms with Crippen LogP contribution in [0.2, 0.25) is 0 Å². The average molecular weight is 370 g/mol. The van der Waals surface area contributed by atoms with Gasteiger partial charge in [-0.1, -0.05) is 12.2 Å². The Bertz CT molecular complexity index is 676. The molecule has 0 radical (unpaired) electrons. The van der Waals surface area contributed by atoms with Crippen LogP contribution < -0.4 is 11.5 Å². The van der Waals surface area contributed by atoms with Gasteiger partial charge in [0, 0.05) is 23.7 Å². The monoisotopic (exact) mass is 370 g/mol. The smallest absolute Gasteiger partial charge is 0.153 e. The predicted molar refractivity (Wildman–Crippen MR) is 82.0 cm³/mol. The molecule has 2 aromatic rings. The Kier molecular flexibility index (Phi) is 2.87. The first-order valence-electron chi connectivity index (χ1n) is 5.41. The van der Waals surface area contributed by atoms with Crippen LogP contribution in [0.15, 0.2) is 35.5 Å². The van der Waals surface area contributed by atoms with Crippen molar-refractivity contribution in [3.63, 3.8) is 0 Å². The molecular formula is C12H11IN4S. The molecule has 0 bridgehead atoms. The fraction of sp³-hybridized carbons (Fsp3) is 0.167. The third-order valence-corrected chi connectivity index (χ3v) is 5.04. The molecular weight excluding hydrogens is 359 g/mol. The van der Waals surface area contributed by atoms with E-state index < -0.39 is 5.54 Å². The molecule has 0 saturated carbocycles. The van der Waals surface area contributed by atoms with E-state index in [1.807, 2.05) is 24.4 Å². The maximum Gasteiger partial charge on any atom is 0.153 e. The van der Waals surface area contributed by atoms with Gasteiger partial charge in [0.25, 0.3) is 0 Å². The Morgan fingerprint density at radius 2 is 2.28 bits per heavy atom. The standard InChI is InChI=1S/C12H11IN4S/c13-8-6-18-9-5-16-11(17-10(8)9)12(15)3-1-2-7(14)4-12/h1-3,5-6H,4,14-15H2. The number of aromatic nitrogens is 2. The molecule has 0 aliphatic heterocycles. The number of nitrogens with two attached hydrogens (primary N) is 2. The number of halogens is 1. The minimum atomic E-state index is -0.696. The summed E-state index contributed by atoms with van der Waals surface area (Å²) in [6.45, 7) is 0. The third-order valence-electron chi connectivity index (χ3n) is 2.89. The quantitative estimate of drug-likeness (QED) is 0.755. The van der Waals surface area contributed by atoms with E-state index in [2.05, 4.69) is 37.9 Å². The molecule has 0 aromatic carbocycles. The number of rotatable bonds is 1. The van der Waals surface area contributed by atoms with Crippen LogP contribution in [0.4, 0.5) is 0 Å². The van der Waals surface area contributed by atoms with Crippen LogP contribution in [-0.4, -0.2) is 9.97 Å². The molecule has 18 heavy (non-hydrogen) atoms. The van der Waals surface area contributed by atoms with Crippen molar-refractivity contribution in [1.82, 2.24) is 9.97 Å². The van der Waals surface area contributed by atoms with Gasteiger partial charge in [-0.05, 0) is 28.7 Å². The summed E-state index contributed by atoms with van der Waals surface area (Å²) in [7, 11) is 0. The van der Waals surface area contributed by atoms with Crippen molar-refractivity contribution >= 4 is 44.1 Å². The molecule has 1 aliphatic rings. The summed E-state index contributed by atoms with van der Waals surface area (Å²) in [6, 6.07) is 0. The highest BCUT2D eigenvalue weighted by Gasteiger charge is 2.30. The lowest BCUT2D eigenvalue weighted by molar-refractivity contribution is 0.511. The second kappa shape index (κ2) is 4.29. The summed E-state index contributed by atoms with van der Waals surface area (Å²) in [5, 5.41) is 2.07. The zero-order valence-electron chi connectivity index (χ0n) is 9.43. The van der Waals surface area contributed by atoms with Crippen LogP contribution in [0.5, 0.6) is 0 Å². The Balaban J connectivity index is 2.12. The summed E-state index contributed by atoms with van der Waals surface area (Å²) in [5.41, 5.74) is 13.2. The van der Waals surface area contributed by atoms with Crippen molar-refractivity contribution in [2.45, 2.75) is 12.0 Å². The van der Waals surface area contributed by atoms with Gasteiger partial charge in [0.15, 0.2) is 5.82 Å². The molecule has 2 aromatic heterocycles. The second-order valence-corrected chi connectivity index (χ2v) is 6.38. The molecule has 1 unspecified atom stereocenters. The number of fused-ring (bicyclic) bond motifs is 1. The normalized spacial score (nSPS) is 23.3. The van der Waals surface area contributed by atoms with E-state index in [-0.39, 0.29) is 0 Å². The molecule has 4 nitrogen and oxygen atoms in total. The van der Waals surface area contributed by atoms with Gasteiger partial charge in [0.2, 0.25) is 0 Å². The third kappa shape index (κ3) is 1.94. The van der Waals surface area contributed by atoms with E-state index >= 15 is 0 Å². The topological polar surface area (TPSA) is 77.8 Å². The van der Waals surface area contributed by atoms with Crippen LogP contribution >= 0.6 is 33.9 Å². The van der Waals surface area contributed by atoms with Crippen LogP contribution in [0, 0.1) is 3.57 Å². The van der Waals surface area contributed by atoms with Gasteiger partial charge in [-0.3, -0.25) is 0 Å². The highest BCUT2D eigenvalue weighted by atomic mass is 127. The molecule has 92 valence electrons. The number of nitrogens with zero attached hydrogens (tertiary/aromatic N) is 2. The largest absolute Gasteiger partial charge is 0.402 e. The van der Waals surface area contributed by atoms with Crippen molar-refractivity contribution in [3.8, 4) is 0 Å². The van der Waals surface area contributed by atoms with Crippen molar-refractivity contribution < 1.29 is 0 Å². The lowest BCUT2D eigenvalue weighted by Gasteiger charge is -2.26. The van der Waals surface area contributed by atoms with Gasteiger partial charge in [0.1, 0.15) is 5.54 Å². The molecule has 0 amide bonds. The molecule has 6 heteroatoms. The summed E-state index contributed by atoms with van der Waals surface area (Å²) < 4.78 is 2.21. The van der Waals surface area contributed by atoms with Gasteiger partial charge in [-0.25, -0.2) is 9.97 Å². The summed E-state index contributed by atoms with van der Waals surface area (Å²) in [4.78, 5) is 8.98. The van der Waals surface area contributed by atoms with E-state index in [1.165, 1.54) is 0 Å². The second-order valence-electron chi connectivity index (χ2n) is 4.31. The van der Waals surface area contributed by atoms with E-state index in [0.717, 1.165) is 19.5 Å². The summed E-state index contributed by atoms with van der Waals surface area (Å²) in [5.74, 6) is 0.624. The van der Waals surface area contributed by atoms with Gasteiger partial charge in [-0.2, -0.15) is 0 Å². The fourth-order valence-corrected chi connectivity index (χ4v) is 3.67. The number of hydrogen-bond acceptors (Lipinski definition) is 5. The highest BCUT2D eigenvalue weighted by molar-refractivity contribution is 14.1. The summed E-state index contributed by atoms with van der Waals surface area (Å²) in [6.07, 6.45) is 8.02. The van der Waals surface area contributed by atoms with Crippen molar-refractivity contribution in [1.29, 1.82) is 0 Å². The molecule has 0 saturated heterocycles. The summed E-state index contributed by atoms with van der Waals surface area (Å²) >= 11 is 3.92. The first-order chi connectivity index (χ1) is 8.58. The van der Waals surface area contributed by atoms with Gasteiger partial charge in [-0.15, -0.1) is 11.3 Å². The predicted octanol–water partition coefficient (Wildman–Crippen LogP) is 2.25. The van der Waals surface area contributed by atoms with Crippen molar-refractivity contribution in [2.24, 2.45) is 11.5 Å². The number of thiophene rings is 1. The fourth-order valence-electron chi connectivity index (χ4n) is 1.98. The van der Waals surface area contributed by atoms with Crippen LogP contribution in [0.3, 0.4) is 0 Å². The first-order valence-corrected chi connectivity index (χ1v) is 7.37.